The maximum atomic E-state index is 11.5. The number of anilines is 1. The number of tetrazole rings is 1. The molecule has 1 saturated carbocycles. The lowest BCUT2D eigenvalue weighted by molar-refractivity contribution is 0.209. The van der Waals surface area contributed by atoms with E-state index < -0.39 is 11.5 Å². The minimum absolute atomic E-state index is 0.110. The third kappa shape index (κ3) is 3.81. The maximum Gasteiger partial charge on any atom is 0.410 e. The van der Waals surface area contributed by atoms with Crippen LogP contribution >= 0.6 is 0 Å². The molecule has 1 atom stereocenters. The van der Waals surface area contributed by atoms with Crippen LogP contribution in [0.2, 0.25) is 0 Å². The molecule has 0 saturated heterocycles. The van der Waals surface area contributed by atoms with Gasteiger partial charge in [-0.15, -0.1) is 10.2 Å². The first-order valence-corrected chi connectivity index (χ1v) is 12.5. The Balaban J connectivity index is 1.37. The highest BCUT2D eigenvalue weighted by molar-refractivity contribution is 5.83. The summed E-state index contributed by atoms with van der Waals surface area (Å²) >= 11 is 0. The number of aromatic amines is 2. The topological polar surface area (TPSA) is 145 Å². The molecule has 0 radical (unpaired) electrons. The second-order valence-corrected chi connectivity index (χ2v) is 9.58. The molecule has 5 aromatic rings. The van der Waals surface area contributed by atoms with Crippen molar-refractivity contribution in [1.82, 2.24) is 36.0 Å². The van der Waals surface area contributed by atoms with Crippen LogP contribution < -0.4 is 5.32 Å². The highest BCUT2D eigenvalue weighted by Gasteiger charge is 2.49. The van der Waals surface area contributed by atoms with Crippen molar-refractivity contribution >= 4 is 11.9 Å². The Morgan fingerprint density at radius 3 is 2.13 bits per heavy atom. The number of hydrogen-bond donors (Lipinski definition) is 4. The van der Waals surface area contributed by atoms with Gasteiger partial charge in [0.15, 0.2) is 11.6 Å². The van der Waals surface area contributed by atoms with Gasteiger partial charge in [-0.3, -0.25) is 5.32 Å². The van der Waals surface area contributed by atoms with E-state index in [4.69, 9.17) is 0 Å². The second-order valence-electron chi connectivity index (χ2n) is 9.58. The number of carboxylic acid groups (broad SMARTS) is 1. The molecule has 3 aromatic carbocycles. The van der Waals surface area contributed by atoms with Gasteiger partial charge in [0.1, 0.15) is 5.69 Å². The normalized spacial score (nSPS) is 15.5. The van der Waals surface area contributed by atoms with Crippen LogP contribution in [0.1, 0.15) is 54.4 Å². The van der Waals surface area contributed by atoms with Crippen LogP contribution in [-0.2, 0) is 10.8 Å². The predicted octanol–water partition coefficient (Wildman–Crippen LogP) is 4.90. The molecular weight excluding hydrogens is 480 g/mol. The minimum atomic E-state index is -1.18. The summed E-state index contributed by atoms with van der Waals surface area (Å²) in [5.41, 5.74) is 5.08. The Morgan fingerprint density at radius 2 is 1.55 bits per heavy atom. The van der Waals surface area contributed by atoms with Crippen molar-refractivity contribution in [3.05, 3.63) is 107 Å². The summed E-state index contributed by atoms with van der Waals surface area (Å²) in [5.74, 6) is 1.08. The minimum Gasteiger partial charge on any atom is -0.465 e. The van der Waals surface area contributed by atoms with Crippen molar-refractivity contribution in [2.45, 2.75) is 37.0 Å². The SMILES string of the molecule is CCC(c1ccccc1)(c1ccc(-c2ccc(C3(c4nnn[nH]4)CC3)cc2)cc1)c1nn[nH]c1NC(=O)O. The number of H-pyrrole nitrogens is 2. The van der Waals surface area contributed by atoms with Crippen LogP contribution in [0.25, 0.3) is 11.1 Å². The molecule has 6 rings (SSSR count). The van der Waals surface area contributed by atoms with Gasteiger partial charge in [0.2, 0.25) is 0 Å². The van der Waals surface area contributed by atoms with Crippen LogP contribution in [0.4, 0.5) is 10.6 Å². The molecule has 1 aliphatic carbocycles. The Hall–Kier alpha value is -4.86. The van der Waals surface area contributed by atoms with E-state index in [9.17, 15) is 9.90 Å². The zero-order valence-electron chi connectivity index (χ0n) is 20.7. The van der Waals surface area contributed by atoms with Crippen molar-refractivity contribution in [2.24, 2.45) is 0 Å². The molecule has 0 aliphatic heterocycles. The maximum absolute atomic E-state index is 11.5. The van der Waals surface area contributed by atoms with Gasteiger partial charge in [0.05, 0.1) is 10.8 Å². The average molecular weight is 507 g/mol. The fraction of sp³-hybridized carbons (Fsp3) is 0.214. The van der Waals surface area contributed by atoms with Gasteiger partial charge >= 0.3 is 6.09 Å². The summed E-state index contributed by atoms with van der Waals surface area (Å²) in [5, 5.41) is 37.4. The van der Waals surface area contributed by atoms with E-state index in [0.29, 0.717) is 12.1 Å². The molecule has 10 nitrogen and oxygen atoms in total. The van der Waals surface area contributed by atoms with Crippen molar-refractivity contribution in [2.75, 3.05) is 5.32 Å². The molecule has 2 heterocycles. The molecule has 2 aromatic heterocycles. The Bertz CT molecular complexity index is 1540. The fourth-order valence-electron chi connectivity index (χ4n) is 5.54. The largest absolute Gasteiger partial charge is 0.465 e. The van der Waals surface area contributed by atoms with Crippen molar-refractivity contribution in [3.63, 3.8) is 0 Å². The summed E-state index contributed by atoms with van der Waals surface area (Å²) < 4.78 is 0. The van der Waals surface area contributed by atoms with Crippen molar-refractivity contribution < 1.29 is 9.90 Å². The van der Waals surface area contributed by atoms with Crippen LogP contribution in [0.5, 0.6) is 0 Å². The number of rotatable bonds is 8. The first kappa shape index (κ1) is 23.5. The van der Waals surface area contributed by atoms with E-state index in [2.05, 4.69) is 96.8 Å². The summed E-state index contributed by atoms with van der Waals surface area (Å²) in [6.45, 7) is 2.07. The first-order valence-electron chi connectivity index (χ1n) is 12.5. The van der Waals surface area contributed by atoms with E-state index in [1.54, 1.807) is 0 Å². The molecule has 1 aliphatic rings. The molecule has 4 N–H and O–H groups in total. The molecule has 38 heavy (non-hydrogen) atoms. The highest BCUT2D eigenvalue weighted by atomic mass is 16.4. The third-order valence-electron chi connectivity index (χ3n) is 7.68. The average Bonchev–Trinajstić information content (AvgIpc) is 3.32. The smallest absolute Gasteiger partial charge is 0.410 e. The first-order chi connectivity index (χ1) is 18.6. The third-order valence-corrected chi connectivity index (χ3v) is 7.68. The fourth-order valence-corrected chi connectivity index (χ4v) is 5.54. The molecule has 1 unspecified atom stereocenters. The molecule has 0 bridgehead atoms. The summed E-state index contributed by atoms with van der Waals surface area (Å²) in [7, 11) is 0. The number of amides is 1. The van der Waals surface area contributed by atoms with Gasteiger partial charge < -0.3 is 5.11 Å². The summed E-state index contributed by atoms with van der Waals surface area (Å²) in [6, 6.07) is 26.9. The molecule has 0 spiro atoms. The molecular formula is C28H26N8O2. The number of hydrogen-bond acceptors (Lipinski definition) is 6. The van der Waals surface area contributed by atoms with Gasteiger partial charge in [0.25, 0.3) is 0 Å². The van der Waals surface area contributed by atoms with Crippen LogP contribution in [-0.4, -0.2) is 47.2 Å². The van der Waals surface area contributed by atoms with E-state index in [-0.39, 0.29) is 11.2 Å². The van der Waals surface area contributed by atoms with Crippen LogP contribution in [0.3, 0.4) is 0 Å². The van der Waals surface area contributed by atoms with Crippen LogP contribution in [0.15, 0.2) is 78.9 Å². The Morgan fingerprint density at radius 1 is 0.895 bits per heavy atom. The van der Waals surface area contributed by atoms with E-state index >= 15 is 0 Å². The van der Waals surface area contributed by atoms with Crippen molar-refractivity contribution in [3.8, 4) is 11.1 Å². The van der Waals surface area contributed by atoms with E-state index in [1.165, 1.54) is 5.56 Å². The zero-order valence-corrected chi connectivity index (χ0v) is 20.7. The molecule has 1 amide bonds. The highest BCUT2D eigenvalue weighted by Crippen LogP contribution is 2.52. The molecule has 1 fully saturated rings. The zero-order chi connectivity index (χ0) is 26.2. The number of nitrogens with one attached hydrogen (secondary N) is 3. The van der Waals surface area contributed by atoms with E-state index in [0.717, 1.165) is 40.9 Å². The predicted molar refractivity (Wildman–Crippen MR) is 141 cm³/mol. The number of benzene rings is 3. The number of carbonyl (C=O) groups is 1. The standard InChI is InChI=1S/C28H26N8O2/c1-2-28(21-6-4-3-5-7-21,23-24(29-26(37)38)31-34-30-23)22-14-10-19(11-15-22)18-8-12-20(13-9-18)27(16-17-27)25-32-35-36-33-25/h3-15H,2,16-17H2,1H3,(H,37,38)(H2,29,30,31,34)(H,32,33,35,36). The van der Waals surface area contributed by atoms with E-state index in [1.807, 2.05) is 30.3 Å². The lowest BCUT2D eigenvalue weighted by Gasteiger charge is -2.33. The number of aromatic nitrogens is 7. The summed E-state index contributed by atoms with van der Waals surface area (Å²) in [4.78, 5) is 11.5. The quantitative estimate of drug-likeness (QED) is 0.234. The van der Waals surface area contributed by atoms with Gasteiger partial charge in [-0.1, -0.05) is 91.0 Å². The Kier molecular flexibility index (Phi) is 5.71. The lowest BCUT2D eigenvalue weighted by atomic mass is 9.69. The van der Waals surface area contributed by atoms with Crippen molar-refractivity contribution in [1.29, 1.82) is 0 Å². The Labute approximate surface area is 218 Å². The lowest BCUT2D eigenvalue weighted by Crippen LogP contribution is -2.30. The molecule has 10 heteroatoms. The second kappa shape index (κ2) is 9.22. The monoisotopic (exact) mass is 506 g/mol. The van der Waals surface area contributed by atoms with Gasteiger partial charge in [0, 0.05) is 0 Å². The van der Waals surface area contributed by atoms with Gasteiger partial charge in [-0.05, 0) is 57.5 Å². The number of nitrogens with zero attached hydrogens (tertiary/aromatic N) is 5. The molecule has 190 valence electrons. The van der Waals surface area contributed by atoms with Gasteiger partial charge in [-0.2, -0.15) is 0 Å². The summed E-state index contributed by atoms with van der Waals surface area (Å²) in [6.07, 6.45) is 1.51. The van der Waals surface area contributed by atoms with Gasteiger partial charge in [-0.25, -0.2) is 15.0 Å². The van der Waals surface area contributed by atoms with Crippen LogP contribution in [0, 0.1) is 0 Å².